The van der Waals surface area contributed by atoms with Crippen LogP contribution in [0, 0.1) is 0 Å². The van der Waals surface area contributed by atoms with E-state index in [1.165, 1.54) is 22.9 Å². The number of hydrogen-bond acceptors (Lipinski definition) is 5. The highest BCUT2D eigenvalue weighted by atomic mass is 32.2. The van der Waals surface area contributed by atoms with Gasteiger partial charge < -0.3 is 5.32 Å². The highest BCUT2D eigenvalue weighted by Crippen LogP contribution is 2.17. The van der Waals surface area contributed by atoms with Crippen LogP contribution in [0.15, 0.2) is 23.6 Å². The van der Waals surface area contributed by atoms with Gasteiger partial charge in [-0.3, -0.25) is 4.98 Å². The van der Waals surface area contributed by atoms with Crippen LogP contribution < -0.4 is 5.32 Å². The van der Waals surface area contributed by atoms with Crippen molar-refractivity contribution in [2.45, 2.75) is 23.9 Å². The zero-order valence-corrected chi connectivity index (χ0v) is 10.5. The molecule has 1 aliphatic rings. The van der Waals surface area contributed by atoms with E-state index < -0.39 is 10.0 Å². The van der Waals surface area contributed by atoms with Crippen molar-refractivity contribution in [2.75, 3.05) is 20.1 Å². The summed E-state index contributed by atoms with van der Waals surface area (Å²) in [6.45, 7) is 1.64. The lowest BCUT2D eigenvalue weighted by Crippen LogP contribution is -2.46. The predicted molar refractivity (Wildman–Crippen MR) is 62.9 cm³/mol. The lowest BCUT2D eigenvalue weighted by Gasteiger charge is -2.30. The molecule has 1 N–H and O–H groups in total. The second-order valence-corrected chi connectivity index (χ2v) is 6.01. The number of rotatable bonds is 3. The van der Waals surface area contributed by atoms with Gasteiger partial charge in [0.05, 0.1) is 6.20 Å². The van der Waals surface area contributed by atoms with Gasteiger partial charge in [-0.2, -0.15) is 4.31 Å². The standard InChI is InChI=1S/C10H16N4O2S/c1-14(9-3-2-4-11-7-9)17(15,16)10-8-12-5-6-13-10/h5-6,8-9,11H,2-4,7H2,1H3. The van der Waals surface area contributed by atoms with Crippen LogP contribution in [0.2, 0.25) is 0 Å². The van der Waals surface area contributed by atoms with Crippen molar-refractivity contribution in [2.24, 2.45) is 0 Å². The van der Waals surface area contributed by atoms with E-state index in [0.29, 0.717) is 6.54 Å². The summed E-state index contributed by atoms with van der Waals surface area (Å²) in [4.78, 5) is 7.65. The Morgan fingerprint density at radius 2 is 2.29 bits per heavy atom. The molecule has 1 fully saturated rings. The Hall–Kier alpha value is -1.05. The summed E-state index contributed by atoms with van der Waals surface area (Å²) in [6, 6.07) is -0.00393. The molecule has 1 aromatic rings. The maximum atomic E-state index is 12.2. The van der Waals surface area contributed by atoms with Crippen LogP contribution in [0.5, 0.6) is 0 Å². The maximum Gasteiger partial charge on any atom is 0.262 e. The Morgan fingerprint density at radius 3 is 2.88 bits per heavy atom. The molecule has 17 heavy (non-hydrogen) atoms. The van der Waals surface area contributed by atoms with Crippen LogP contribution >= 0.6 is 0 Å². The highest BCUT2D eigenvalue weighted by molar-refractivity contribution is 7.89. The molecule has 0 radical (unpaired) electrons. The number of aromatic nitrogens is 2. The minimum absolute atomic E-state index is 0.00393. The summed E-state index contributed by atoms with van der Waals surface area (Å²) < 4.78 is 25.8. The first-order valence-electron chi connectivity index (χ1n) is 5.57. The fourth-order valence-electron chi connectivity index (χ4n) is 1.91. The van der Waals surface area contributed by atoms with Gasteiger partial charge in [-0.05, 0) is 19.4 Å². The fraction of sp³-hybridized carbons (Fsp3) is 0.600. The van der Waals surface area contributed by atoms with E-state index in [1.54, 1.807) is 7.05 Å². The van der Waals surface area contributed by atoms with E-state index in [0.717, 1.165) is 19.4 Å². The molecule has 1 unspecified atom stereocenters. The second kappa shape index (κ2) is 5.07. The van der Waals surface area contributed by atoms with Gasteiger partial charge in [0.15, 0.2) is 5.03 Å². The number of nitrogens with one attached hydrogen (secondary N) is 1. The molecule has 2 heterocycles. The van der Waals surface area contributed by atoms with Gasteiger partial charge in [-0.15, -0.1) is 0 Å². The predicted octanol–water partition coefficient (Wildman–Crippen LogP) is -0.151. The van der Waals surface area contributed by atoms with E-state index in [1.807, 2.05) is 0 Å². The van der Waals surface area contributed by atoms with E-state index in [-0.39, 0.29) is 11.1 Å². The third kappa shape index (κ3) is 2.62. The molecule has 94 valence electrons. The van der Waals surface area contributed by atoms with Crippen LogP contribution in [0.3, 0.4) is 0 Å². The second-order valence-electron chi connectivity index (χ2n) is 4.07. The Balaban J connectivity index is 2.20. The van der Waals surface area contributed by atoms with Gasteiger partial charge in [0, 0.05) is 32.0 Å². The lowest BCUT2D eigenvalue weighted by atomic mass is 10.1. The number of sulfonamides is 1. The quantitative estimate of drug-likeness (QED) is 0.814. The Morgan fingerprint density at radius 1 is 1.47 bits per heavy atom. The van der Waals surface area contributed by atoms with E-state index in [2.05, 4.69) is 15.3 Å². The van der Waals surface area contributed by atoms with Crippen molar-refractivity contribution < 1.29 is 8.42 Å². The molecule has 1 aliphatic heterocycles. The van der Waals surface area contributed by atoms with E-state index in [9.17, 15) is 8.42 Å². The normalized spacial score (nSPS) is 21.6. The minimum atomic E-state index is -3.52. The molecule has 1 aromatic heterocycles. The molecule has 0 aromatic carbocycles. The molecule has 0 bridgehead atoms. The van der Waals surface area contributed by atoms with Gasteiger partial charge in [0.1, 0.15) is 0 Å². The number of piperidine rings is 1. The third-order valence-electron chi connectivity index (χ3n) is 2.97. The Bertz CT molecular complexity index is 456. The van der Waals surface area contributed by atoms with Crippen molar-refractivity contribution in [3.63, 3.8) is 0 Å². The van der Waals surface area contributed by atoms with Crippen molar-refractivity contribution in [1.29, 1.82) is 0 Å². The largest absolute Gasteiger partial charge is 0.315 e. The summed E-state index contributed by atoms with van der Waals surface area (Å²) in [6.07, 6.45) is 6.00. The van der Waals surface area contributed by atoms with Crippen LogP contribution in [-0.2, 0) is 10.0 Å². The molecule has 0 saturated carbocycles. The summed E-state index contributed by atoms with van der Waals surface area (Å²) in [7, 11) is -1.92. The molecule has 1 atom stereocenters. The molecule has 0 aliphatic carbocycles. The molecular formula is C10H16N4O2S. The smallest absolute Gasteiger partial charge is 0.262 e. The monoisotopic (exact) mass is 256 g/mol. The SMILES string of the molecule is CN(C1CCCNC1)S(=O)(=O)c1cnccn1. The van der Waals surface area contributed by atoms with E-state index in [4.69, 9.17) is 0 Å². The van der Waals surface area contributed by atoms with Crippen molar-refractivity contribution in [3.8, 4) is 0 Å². The zero-order chi connectivity index (χ0) is 12.3. The molecular weight excluding hydrogens is 240 g/mol. The van der Waals surface area contributed by atoms with Crippen molar-refractivity contribution in [3.05, 3.63) is 18.6 Å². The molecule has 6 nitrogen and oxygen atoms in total. The molecule has 0 amide bonds. The van der Waals surface area contributed by atoms with Crippen LogP contribution in [0.1, 0.15) is 12.8 Å². The molecule has 0 spiro atoms. The summed E-state index contributed by atoms with van der Waals surface area (Å²) in [5, 5.41) is 3.20. The highest BCUT2D eigenvalue weighted by Gasteiger charge is 2.29. The van der Waals surface area contributed by atoms with Gasteiger partial charge in [-0.25, -0.2) is 13.4 Å². The molecule has 1 saturated heterocycles. The van der Waals surface area contributed by atoms with Gasteiger partial charge in [0.2, 0.25) is 0 Å². The van der Waals surface area contributed by atoms with Gasteiger partial charge in [-0.1, -0.05) is 0 Å². The first-order valence-corrected chi connectivity index (χ1v) is 7.01. The van der Waals surface area contributed by atoms with Crippen molar-refractivity contribution >= 4 is 10.0 Å². The fourth-order valence-corrected chi connectivity index (χ4v) is 3.16. The van der Waals surface area contributed by atoms with Crippen molar-refractivity contribution in [1.82, 2.24) is 19.6 Å². The van der Waals surface area contributed by atoms with Crippen LogP contribution in [0.25, 0.3) is 0 Å². The molecule has 7 heteroatoms. The Kier molecular flexibility index (Phi) is 3.70. The third-order valence-corrected chi connectivity index (χ3v) is 4.76. The topological polar surface area (TPSA) is 75.2 Å². The Labute approximate surface area is 101 Å². The average molecular weight is 256 g/mol. The van der Waals surface area contributed by atoms with Gasteiger partial charge in [0.25, 0.3) is 10.0 Å². The van der Waals surface area contributed by atoms with Crippen LogP contribution in [-0.4, -0.2) is 48.9 Å². The average Bonchev–Trinajstić information content (AvgIpc) is 2.40. The lowest BCUT2D eigenvalue weighted by molar-refractivity contribution is 0.299. The number of hydrogen-bond donors (Lipinski definition) is 1. The first-order chi connectivity index (χ1) is 8.12. The number of nitrogens with zero attached hydrogens (tertiary/aromatic N) is 3. The van der Waals surface area contributed by atoms with Crippen LogP contribution in [0.4, 0.5) is 0 Å². The number of likely N-dealkylation sites (N-methyl/N-ethyl adjacent to an activating group) is 1. The zero-order valence-electron chi connectivity index (χ0n) is 9.70. The molecule has 2 rings (SSSR count). The maximum absolute atomic E-state index is 12.2. The summed E-state index contributed by atoms with van der Waals surface area (Å²) >= 11 is 0. The van der Waals surface area contributed by atoms with E-state index >= 15 is 0 Å². The summed E-state index contributed by atoms with van der Waals surface area (Å²) in [5.41, 5.74) is 0. The minimum Gasteiger partial charge on any atom is -0.315 e. The first kappa shape index (κ1) is 12.4. The van der Waals surface area contributed by atoms with Gasteiger partial charge >= 0.3 is 0 Å². The summed E-state index contributed by atoms with van der Waals surface area (Å²) in [5.74, 6) is 0.